The number of hydrogen-bond acceptors (Lipinski definition) is 9. The smallest absolute Gasteiger partial charge is 0.226 e. The summed E-state index contributed by atoms with van der Waals surface area (Å²) in [5.74, 6) is 1.74. The van der Waals surface area contributed by atoms with E-state index in [0.717, 1.165) is 11.4 Å². The highest BCUT2D eigenvalue weighted by molar-refractivity contribution is 5.85. The Kier molecular flexibility index (Phi) is 6.07. The first kappa shape index (κ1) is 17.8. The first-order valence-electron chi connectivity index (χ1n) is 8.12. The number of anilines is 3. The normalized spacial score (nSPS) is 10.7. The fourth-order valence-corrected chi connectivity index (χ4v) is 2.24. The number of methoxy groups -OCH3 is 1. The van der Waals surface area contributed by atoms with Gasteiger partial charge in [0.1, 0.15) is 5.75 Å². The molecular weight excluding hydrogens is 336 g/mol. The fraction of sp³-hybridized carbons (Fsp3) is 0.294. The van der Waals surface area contributed by atoms with Crippen LogP contribution in [0, 0.1) is 0 Å². The Morgan fingerprint density at radius 2 is 1.85 bits per heavy atom. The molecule has 0 amide bonds. The molecule has 3 rings (SSSR count). The lowest BCUT2D eigenvalue weighted by molar-refractivity contribution is 0.0991. The molecule has 9 heteroatoms. The van der Waals surface area contributed by atoms with Crippen LogP contribution in [0.4, 0.5) is 17.5 Å². The van der Waals surface area contributed by atoms with Crippen molar-refractivity contribution in [3.63, 3.8) is 0 Å². The van der Waals surface area contributed by atoms with Gasteiger partial charge in [-0.25, -0.2) is 9.97 Å². The minimum absolute atomic E-state index is 0.00199. The topological polar surface area (TPSA) is 114 Å². The summed E-state index contributed by atoms with van der Waals surface area (Å²) in [5.41, 5.74) is 1.90. The zero-order valence-corrected chi connectivity index (χ0v) is 14.3. The molecule has 0 aliphatic rings. The van der Waals surface area contributed by atoms with E-state index in [4.69, 9.17) is 14.6 Å². The van der Waals surface area contributed by atoms with E-state index in [0.29, 0.717) is 42.7 Å². The molecule has 0 spiro atoms. The van der Waals surface area contributed by atoms with Crippen LogP contribution in [-0.2, 0) is 4.74 Å². The van der Waals surface area contributed by atoms with Crippen molar-refractivity contribution in [3.05, 3.63) is 36.7 Å². The van der Waals surface area contributed by atoms with Crippen LogP contribution in [-0.4, -0.2) is 58.5 Å². The van der Waals surface area contributed by atoms with Crippen LogP contribution in [0.2, 0.25) is 0 Å². The van der Waals surface area contributed by atoms with Gasteiger partial charge in [0.15, 0.2) is 17.0 Å². The molecule has 3 aromatic rings. The Balaban J connectivity index is 1.80. The molecule has 0 fully saturated rings. The van der Waals surface area contributed by atoms with Crippen molar-refractivity contribution in [1.82, 2.24) is 19.9 Å². The predicted octanol–water partition coefficient (Wildman–Crippen LogP) is 1.59. The molecule has 136 valence electrons. The summed E-state index contributed by atoms with van der Waals surface area (Å²) in [5, 5.41) is 15.0. The third-order valence-corrected chi connectivity index (χ3v) is 3.45. The van der Waals surface area contributed by atoms with Crippen LogP contribution in [0.25, 0.3) is 11.2 Å². The van der Waals surface area contributed by atoms with E-state index in [-0.39, 0.29) is 6.61 Å². The van der Waals surface area contributed by atoms with Gasteiger partial charge in [-0.05, 0) is 24.3 Å². The highest BCUT2D eigenvalue weighted by atomic mass is 16.5. The second-order valence-corrected chi connectivity index (χ2v) is 5.24. The number of aliphatic hydroxyl groups is 1. The van der Waals surface area contributed by atoms with Crippen LogP contribution in [0.5, 0.6) is 5.75 Å². The molecule has 0 radical (unpaired) electrons. The van der Waals surface area contributed by atoms with Crippen molar-refractivity contribution < 1.29 is 14.6 Å². The second-order valence-electron chi connectivity index (χ2n) is 5.24. The monoisotopic (exact) mass is 356 g/mol. The van der Waals surface area contributed by atoms with Crippen LogP contribution in [0.3, 0.4) is 0 Å². The summed E-state index contributed by atoms with van der Waals surface area (Å²) in [6.45, 7) is 1.24. The van der Waals surface area contributed by atoms with Gasteiger partial charge < -0.3 is 25.2 Å². The Morgan fingerprint density at radius 3 is 2.62 bits per heavy atom. The number of ether oxygens (including phenoxy) is 2. The molecule has 0 aliphatic heterocycles. The van der Waals surface area contributed by atoms with Gasteiger partial charge in [-0.1, -0.05) is 0 Å². The zero-order valence-electron chi connectivity index (χ0n) is 14.3. The summed E-state index contributed by atoms with van der Waals surface area (Å²) in [6, 6.07) is 7.49. The quantitative estimate of drug-likeness (QED) is 0.492. The number of rotatable bonds is 9. The lowest BCUT2D eigenvalue weighted by Gasteiger charge is -2.11. The van der Waals surface area contributed by atoms with E-state index in [1.807, 2.05) is 24.3 Å². The molecule has 3 N–H and O–H groups in total. The van der Waals surface area contributed by atoms with Gasteiger partial charge >= 0.3 is 0 Å². The maximum Gasteiger partial charge on any atom is 0.226 e. The van der Waals surface area contributed by atoms with Gasteiger partial charge in [-0.3, -0.25) is 0 Å². The maximum atomic E-state index is 8.71. The summed E-state index contributed by atoms with van der Waals surface area (Å²) >= 11 is 0. The molecule has 0 saturated carbocycles. The fourth-order valence-electron chi connectivity index (χ4n) is 2.24. The lowest BCUT2D eigenvalue weighted by atomic mass is 10.3. The average molecular weight is 356 g/mol. The predicted molar refractivity (Wildman–Crippen MR) is 97.8 cm³/mol. The van der Waals surface area contributed by atoms with E-state index in [1.165, 1.54) is 0 Å². The SMILES string of the molecule is COc1ccc(Nc2nc(NCCOCCO)nc3nccnc23)cc1. The van der Waals surface area contributed by atoms with E-state index < -0.39 is 0 Å². The Labute approximate surface area is 150 Å². The molecular formula is C17H20N6O3. The molecule has 0 unspecified atom stereocenters. The van der Waals surface area contributed by atoms with E-state index in [2.05, 4.69) is 30.6 Å². The standard InChI is InChI=1S/C17H20N6O3/c1-25-13-4-2-12(3-5-13)21-16-14-15(19-7-6-18-14)22-17(23-16)20-8-10-26-11-9-24/h2-7,24H,8-11H2,1H3,(H2,19,20,21,22,23). The molecule has 2 heterocycles. The minimum Gasteiger partial charge on any atom is -0.497 e. The molecule has 0 atom stereocenters. The molecule has 0 saturated heterocycles. The van der Waals surface area contributed by atoms with Crippen molar-refractivity contribution in [1.29, 1.82) is 0 Å². The molecule has 0 bridgehead atoms. The van der Waals surface area contributed by atoms with Crippen molar-refractivity contribution in [2.24, 2.45) is 0 Å². The molecule has 0 aliphatic carbocycles. The van der Waals surface area contributed by atoms with Gasteiger partial charge in [0.05, 0.1) is 26.9 Å². The van der Waals surface area contributed by atoms with Crippen LogP contribution in [0.15, 0.2) is 36.7 Å². The third kappa shape index (κ3) is 4.52. The Morgan fingerprint density at radius 1 is 1.04 bits per heavy atom. The number of nitrogens with zero attached hydrogens (tertiary/aromatic N) is 4. The van der Waals surface area contributed by atoms with Crippen molar-refractivity contribution in [3.8, 4) is 5.75 Å². The number of fused-ring (bicyclic) bond motifs is 1. The highest BCUT2D eigenvalue weighted by Gasteiger charge is 2.10. The van der Waals surface area contributed by atoms with Crippen molar-refractivity contribution in [2.45, 2.75) is 0 Å². The first-order valence-corrected chi connectivity index (χ1v) is 8.12. The summed E-state index contributed by atoms with van der Waals surface area (Å²) in [4.78, 5) is 17.4. The van der Waals surface area contributed by atoms with Gasteiger partial charge in [0, 0.05) is 24.6 Å². The summed E-state index contributed by atoms with van der Waals surface area (Å²) in [7, 11) is 1.62. The first-order chi connectivity index (χ1) is 12.8. The molecule has 9 nitrogen and oxygen atoms in total. The van der Waals surface area contributed by atoms with Gasteiger partial charge in [-0.15, -0.1) is 0 Å². The molecule has 26 heavy (non-hydrogen) atoms. The van der Waals surface area contributed by atoms with Crippen LogP contribution in [0.1, 0.15) is 0 Å². The Hall–Kier alpha value is -3.04. The molecule has 1 aromatic carbocycles. The Bertz CT molecular complexity index is 844. The van der Waals surface area contributed by atoms with Gasteiger partial charge in [-0.2, -0.15) is 9.97 Å². The van der Waals surface area contributed by atoms with E-state index >= 15 is 0 Å². The zero-order chi connectivity index (χ0) is 18.2. The van der Waals surface area contributed by atoms with Crippen LogP contribution < -0.4 is 15.4 Å². The number of nitrogens with one attached hydrogen (secondary N) is 2. The highest BCUT2D eigenvalue weighted by Crippen LogP contribution is 2.23. The van der Waals surface area contributed by atoms with Crippen molar-refractivity contribution in [2.75, 3.05) is 44.1 Å². The number of aliphatic hydroxyl groups excluding tert-OH is 1. The number of benzene rings is 1. The van der Waals surface area contributed by atoms with E-state index in [1.54, 1.807) is 19.5 Å². The third-order valence-electron chi connectivity index (χ3n) is 3.45. The van der Waals surface area contributed by atoms with Gasteiger partial charge in [0.2, 0.25) is 5.95 Å². The van der Waals surface area contributed by atoms with E-state index in [9.17, 15) is 0 Å². The number of hydrogen-bond donors (Lipinski definition) is 3. The lowest BCUT2D eigenvalue weighted by Crippen LogP contribution is -2.14. The largest absolute Gasteiger partial charge is 0.497 e. The average Bonchev–Trinajstić information content (AvgIpc) is 2.68. The summed E-state index contributed by atoms with van der Waals surface area (Å²) < 4.78 is 10.4. The minimum atomic E-state index is -0.00199. The number of aromatic nitrogens is 4. The second kappa shape index (κ2) is 8.88. The van der Waals surface area contributed by atoms with Crippen molar-refractivity contribution >= 4 is 28.6 Å². The van der Waals surface area contributed by atoms with Gasteiger partial charge in [0.25, 0.3) is 0 Å². The summed E-state index contributed by atoms with van der Waals surface area (Å²) in [6.07, 6.45) is 3.18. The molecule has 2 aromatic heterocycles. The maximum absolute atomic E-state index is 8.71. The van der Waals surface area contributed by atoms with Crippen LogP contribution >= 0.6 is 0 Å².